The fourth-order valence-corrected chi connectivity index (χ4v) is 4.69. The van der Waals surface area contributed by atoms with Crippen molar-refractivity contribution in [1.29, 1.82) is 0 Å². The second-order valence-electron chi connectivity index (χ2n) is 6.42. The molecule has 4 aromatic rings. The minimum atomic E-state index is -4.13. The average Bonchev–Trinajstić information content (AvgIpc) is 3.26. The van der Waals surface area contributed by atoms with Gasteiger partial charge in [0.25, 0.3) is 10.0 Å². The van der Waals surface area contributed by atoms with E-state index < -0.39 is 20.7 Å². The molecule has 4 rings (SSSR count). The van der Waals surface area contributed by atoms with Crippen LogP contribution in [-0.2, 0) is 10.0 Å². The first kappa shape index (κ1) is 20.0. The summed E-state index contributed by atoms with van der Waals surface area (Å²) in [4.78, 5) is -0.478. The van der Waals surface area contributed by atoms with E-state index in [2.05, 4.69) is 25.3 Å². The highest BCUT2D eigenvalue weighted by Crippen LogP contribution is 2.26. The maximum Gasteiger partial charge on any atom is 0.266 e. The third-order valence-corrected chi connectivity index (χ3v) is 6.33. The number of halogens is 1. The fraction of sp³-hybridized carbons (Fsp3) is 0.105. The van der Waals surface area contributed by atoms with Gasteiger partial charge in [0, 0.05) is 11.8 Å². The van der Waals surface area contributed by atoms with Gasteiger partial charge >= 0.3 is 0 Å². The lowest BCUT2D eigenvalue weighted by molar-refractivity contribution is 0.570. The van der Waals surface area contributed by atoms with E-state index in [0.29, 0.717) is 16.5 Å². The van der Waals surface area contributed by atoms with Crippen LogP contribution in [0, 0.1) is 19.7 Å². The molecule has 0 amide bonds. The van der Waals surface area contributed by atoms with Crippen molar-refractivity contribution in [3.63, 3.8) is 0 Å². The van der Waals surface area contributed by atoms with Gasteiger partial charge in [-0.25, -0.2) is 17.5 Å². The zero-order valence-corrected chi connectivity index (χ0v) is 17.6. The summed E-state index contributed by atoms with van der Waals surface area (Å²) in [7, 11) is -4.13. The molecule has 0 atom stereocenters. The molecule has 2 heterocycles. The molecule has 8 nitrogen and oxygen atoms in total. The van der Waals surface area contributed by atoms with Crippen molar-refractivity contribution in [2.45, 2.75) is 18.7 Å². The normalized spacial score (nSPS) is 11.4. The van der Waals surface area contributed by atoms with Gasteiger partial charge in [0.15, 0.2) is 0 Å². The van der Waals surface area contributed by atoms with Crippen LogP contribution in [0.1, 0.15) is 10.7 Å². The summed E-state index contributed by atoms with van der Waals surface area (Å²) >= 11 is 1.06. The lowest BCUT2D eigenvalue weighted by Crippen LogP contribution is -2.14. The van der Waals surface area contributed by atoms with Gasteiger partial charge in [-0.1, -0.05) is 29.5 Å². The summed E-state index contributed by atoms with van der Waals surface area (Å²) in [6.45, 7) is 3.54. The van der Waals surface area contributed by atoms with Crippen LogP contribution < -0.4 is 10.0 Å². The summed E-state index contributed by atoms with van der Waals surface area (Å²) in [6.07, 6.45) is 0. The van der Waals surface area contributed by atoms with E-state index >= 15 is 0 Å². The molecular weight excluding hydrogens is 427 g/mol. The number of anilines is 3. The Balaban J connectivity index is 1.60. The SMILES string of the molecule is Cc1cc(Nc2ccc(S(=O)(=O)Nc3nnc(C)s3)c(F)c2)n(-c2ccccc2)n1. The van der Waals surface area contributed by atoms with E-state index in [9.17, 15) is 12.8 Å². The zero-order chi connectivity index (χ0) is 21.3. The first-order chi connectivity index (χ1) is 14.3. The van der Waals surface area contributed by atoms with E-state index in [1.165, 1.54) is 12.1 Å². The van der Waals surface area contributed by atoms with Crippen LogP contribution in [0.2, 0.25) is 0 Å². The molecule has 0 unspecified atom stereocenters. The van der Waals surface area contributed by atoms with Gasteiger partial charge in [0.05, 0.1) is 11.4 Å². The van der Waals surface area contributed by atoms with Crippen LogP contribution in [0.5, 0.6) is 0 Å². The standard InChI is InChI=1S/C19H17FN6O2S2/c1-12-10-18(26(24-12)15-6-4-3-5-7-15)21-14-8-9-17(16(20)11-14)30(27,28)25-19-23-22-13(2)29-19/h3-11,21H,1-2H3,(H,23,25). The molecule has 0 aliphatic heterocycles. The van der Waals surface area contributed by atoms with Crippen LogP contribution in [0.15, 0.2) is 59.5 Å². The molecule has 0 aliphatic rings. The summed E-state index contributed by atoms with van der Waals surface area (Å²) < 4.78 is 43.6. The first-order valence-corrected chi connectivity index (χ1v) is 11.1. The molecule has 2 aromatic heterocycles. The molecule has 0 aliphatic carbocycles. The Morgan fingerprint density at radius 3 is 2.47 bits per heavy atom. The van der Waals surface area contributed by atoms with Crippen LogP contribution in [0.25, 0.3) is 5.69 Å². The maximum absolute atomic E-state index is 14.7. The predicted molar refractivity (Wildman–Crippen MR) is 113 cm³/mol. The van der Waals surface area contributed by atoms with Gasteiger partial charge in [-0.2, -0.15) is 5.10 Å². The number of aromatic nitrogens is 4. The highest BCUT2D eigenvalue weighted by atomic mass is 32.2. The third kappa shape index (κ3) is 4.16. The minimum Gasteiger partial charge on any atom is -0.340 e. The van der Waals surface area contributed by atoms with Crippen LogP contribution in [0.4, 0.5) is 21.0 Å². The Kier molecular flexibility index (Phi) is 5.22. The van der Waals surface area contributed by atoms with Gasteiger partial charge in [-0.05, 0) is 44.2 Å². The molecular formula is C19H17FN6O2S2. The number of benzene rings is 2. The predicted octanol–water partition coefficient (Wildman–Crippen LogP) is 4.02. The van der Waals surface area contributed by atoms with Crippen LogP contribution in [0.3, 0.4) is 0 Å². The highest BCUT2D eigenvalue weighted by molar-refractivity contribution is 7.93. The van der Waals surface area contributed by atoms with E-state index in [4.69, 9.17) is 0 Å². The third-order valence-electron chi connectivity index (χ3n) is 4.07. The number of aryl methyl sites for hydroxylation is 2. The van der Waals surface area contributed by atoms with Crippen molar-refractivity contribution in [3.8, 4) is 5.69 Å². The quantitative estimate of drug-likeness (QED) is 0.466. The molecule has 0 saturated carbocycles. The number of hydrogen-bond acceptors (Lipinski definition) is 7. The molecule has 2 N–H and O–H groups in total. The fourth-order valence-electron chi connectivity index (χ4n) is 2.81. The minimum absolute atomic E-state index is 0.0799. The van der Waals surface area contributed by atoms with Crippen molar-refractivity contribution in [2.24, 2.45) is 0 Å². The lowest BCUT2D eigenvalue weighted by atomic mass is 10.3. The summed E-state index contributed by atoms with van der Waals surface area (Å²) in [6, 6.07) is 15.1. The Labute approximate surface area is 176 Å². The van der Waals surface area contributed by atoms with E-state index in [-0.39, 0.29) is 5.13 Å². The van der Waals surface area contributed by atoms with Crippen molar-refractivity contribution < 1.29 is 12.8 Å². The van der Waals surface area contributed by atoms with Gasteiger partial charge in [-0.15, -0.1) is 10.2 Å². The maximum atomic E-state index is 14.7. The number of rotatable bonds is 6. The summed E-state index contributed by atoms with van der Waals surface area (Å²) in [5.74, 6) is -0.271. The number of nitrogens with one attached hydrogen (secondary N) is 2. The highest BCUT2D eigenvalue weighted by Gasteiger charge is 2.21. The van der Waals surface area contributed by atoms with Gasteiger partial charge in [0.2, 0.25) is 5.13 Å². The molecule has 0 saturated heterocycles. The number of sulfonamides is 1. The zero-order valence-electron chi connectivity index (χ0n) is 16.0. The molecule has 154 valence electrons. The molecule has 11 heteroatoms. The second kappa shape index (κ2) is 7.84. The van der Waals surface area contributed by atoms with Gasteiger partial charge in [0.1, 0.15) is 21.5 Å². The van der Waals surface area contributed by atoms with E-state index in [1.54, 1.807) is 11.6 Å². The van der Waals surface area contributed by atoms with Gasteiger partial charge < -0.3 is 5.32 Å². The second-order valence-corrected chi connectivity index (χ2v) is 9.25. The summed E-state index contributed by atoms with van der Waals surface area (Å²) in [5.41, 5.74) is 2.00. The molecule has 0 spiro atoms. The summed E-state index contributed by atoms with van der Waals surface area (Å²) in [5, 5.41) is 15.7. The Morgan fingerprint density at radius 1 is 1.03 bits per heavy atom. The topological polar surface area (TPSA) is 102 Å². The molecule has 0 fully saturated rings. The van der Waals surface area contributed by atoms with Crippen molar-refractivity contribution in [1.82, 2.24) is 20.0 Å². The van der Waals surface area contributed by atoms with E-state index in [0.717, 1.165) is 28.8 Å². The molecule has 0 bridgehead atoms. The van der Waals surface area contributed by atoms with Gasteiger partial charge in [-0.3, -0.25) is 4.72 Å². The smallest absolute Gasteiger partial charge is 0.266 e. The molecule has 0 radical (unpaired) electrons. The molecule has 30 heavy (non-hydrogen) atoms. The lowest BCUT2D eigenvalue weighted by Gasteiger charge is -2.11. The number of hydrogen-bond donors (Lipinski definition) is 2. The van der Waals surface area contributed by atoms with Crippen molar-refractivity contribution in [2.75, 3.05) is 10.0 Å². The Bertz CT molecular complexity index is 1300. The van der Waals surface area contributed by atoms with Crippen LogP contribution in [-0.4, -0.2) is 28.4 Å². The largest absolute Gasteiger partial charge is 0.340 e. The number of nitrogens with zero attached hydrogens (tertiary/aromatic N) is 4. The monoisotopic (exact) mass is 444 g/mol. The first-order valence-electron chi connectivity index (χ1n) is 8.83. The number of para-hydroxylation sites is 1. The van der Waals surface area contributed by atoms with Crippen LogP contribution >= 0.6 is 11.3 Å². The Morgan fingerprint density at radius 2 is 1.80 bits per heavy atom. The average molecular weight is 445 g/mol. The Hall–Kier alpha value is -3.31. The van der Waals surface area contributed by atoms with E-state index in [1.807, 2.05) is 43.3 Å². The van der Waals surface area contributed by atoms with Crippen molar-refractivity contribution >= 4 is 38.0 Å². The molecule has 2 aromatic carbocycles. The van der Waals surface area contributed by atoms with Crippen molar-refractivity contribution in [3.05, 3.63) is 71.1 Å².